The summed E-state index contributed by atoms with van der Waals surface area (Å²) in [6.45, 7) is 2.27. The van der Waals surface area contributed by atoms with E-state index in [1.165, 1.54) is 12.8 Å². The zero-order chi connectivity index (χ0) is 13.1. The van der Waals surface area contributed by atoms with Crippen molar-refractivity contribution in [2.24, 2.45) is 5.92 Å². The van der Waals surface area contributed by atoms with Gasteiger partial charge in [0.15, 0.2) is 0 Å². The van der Waals surface area contributed by atoms with Gasteiger partial charge in [-0.05, 0) is 65.7 Å². The van der Waals surface area contributed by atoms with Crippen LogP contribution in [0.5, 0.6) is 0 Å². The average Bonchev–Trinajstić information content (AvgIpc) is 2.35. The largest absolute Gasteiger partial charge is 0.349 e. The number of nitrogens with one attached hydrogen (secondary N) is 1. The highest BCUT2D eigenvalue weighted by molar-refractivity contribution is 9.10. The maximum absolute atomic E-state index is 12.1. The Hall–Kier alpha value is -0.540. The zero-order valence-corrected chi connectivity index (χ0v) is 12.7. The van der Waals surface area contributed by atoms with Gasteiger partial charge in [-0.1, -0.05) is 18.5 Å². The fraction of sp³-hybridized carbons (Fsp3) is 0.500. The highest BCUT2D eigenvalue weighted by atomic mass is 79.9. The molecule has 0 radical (unpaired) electrons. The van der Waals surface area contributed by atoms with Crippen LogP contribution in [-0.4, -0.2) is 11.9 Å². The second kappa shape index (κ2) is 6.07. The fourth-order valence-corrected chi connectivity index (χ4v) is 2.74. The molecule has 2 rings (SSSR count). The number of benzene rings is 1. The lowest BCUT2D eigenvalue weighted by molar-refractivity contribution is 0.0923. The summed E-state index contributed by atoms with van der Waals surface area (Å²) in [5, 5.41) is 3.66. The Morgan fingerprint density at radius 1 is 1.33 bits per heavy atom. The Morgan fingerprint density at radius 3 is 2.61 bits per heavy atom. The summed E-state index contributed by atoms with van der Waals surface area (Å²) in [5.41, 5.74) is 0.627. The van der Waals surface area contributed by atoms with E-state index < -0.39 is 0 Å². The average molecular weight is 331 g/mol. The minimum atomic E-state index is -0.0241. The lowest BCUT2D eigenvalue weighted by Crippen LogP contribution is -2.37. The van der Waals surface area contributed by atoms with Crippen LogP contribution in [-0.2, 0) is 0 Å². The second-order valence-corrected chi connectivity index (χ2v) is 6.32. The third-order valence-corrected chi connectivity index (χ3v) is 4.77. The van der Waals surface area contributed by atoms with Gasteiger partial charge in [0.2, 0.25) is 0 Å². The lowest BCUT2D eigenvalue weighted by atomic mass is 9.87. The molecule has 1 saturated carbocycles. The van der Waals surface area contributed by atoms with E-state index in [0.29, 0.717) is 16.6 Å². The van der Waals surface area contributed by atoms with Crippen molar-refractivity contribution >= 4 is 33.4 Å². The highest BCUT2D eigenvalue weighted by Crippen LogP contribution is 2.25. The van der Waals surface area contributed by atoms with Crippen LogP contribution >= 0.6 is 27.5 Å². The van der Waals surface area contributed by atoms with Crippen LogP contribution in [0.1, 0.15) is 43.0 Å². The molecule has 1 aliphatic carbocycles. The van der Waals surface area contributed by atoms with Gasteiger partial charge in [-0.2, -0.15) is 0 Å². The van der Waals surface area contributed by atoms with Crippen molar-refractivity contribution in [2.45, 2.75) is 38.6 Å². The molecule has 0 atom stereocenters. The molecule has 0 spiro atoms. The standard InChI is InChI=1S/C14H17BrClNO/c1-9-2-5-11(6-3-9)17-14(18)10-4-7-12(15)13(16)8-10/h4,7-9,11H,2-3,5-6H2,1H3,(H,17,18). The molecule has 1 N–H and O–H groups in total. The summed E-state index contributed by atoms with van der Waals surface area (Å²) >= 11 is 9.31. The molecule has 98 valence electrons. The molecule has 0 aromatic heterocycles. The first-order valence-electron chi connectivity index (χ1n) is 6.32. The van der Waals surface area contributed by atoms with Crippen LogP contribution < -0.4 is 5.32 Å². The first-order valence-corrected chi connectivity index (χ1v) is 7.49. The van der Waals surface area contributed by atoms with E-state index in [1.807, 2.05) is 0 Å². The Kier molecular flexibility index (Phi) is 4.68. The highest BCUT2D eigenvalue weighted by Gasteiger charge is 2.20. The van der Waals surface area contributed by atoms with Crippen LogP contribution in [0.3, 0.4) is 0 Å². The number of halogens is 2. The third kappa shape index (κ3) is 3.48. The van der Waals surface area contributed by atoms with Gasteiger partial charge in [0.25, 0.3) is 5.91 Å². The summed E-state index contributed by atoms with van der Waals surface area (Å²) in [6.07, 6.45) is 4.56. The van der Waals surface area contributed by atoms with Crippen molar-refractivity contribution in [3.63, 3.8) is 0 Å². The van der Waals surface area contributed by atoms with Gasteiger partial charge < -0.3 is 5.32 Å². The molecule has 18 heavy (non-hydrogen) atoms. The summed E-state index contributed by atoms with van der Waals surface area (Å²) in [7, 11) is 0. The van der Waals surface area contributed by atoms with E-state index in [9.17, 15) is 4.79 Å². The number of carbonyl (C=O) groups excluding carboxylic acids is 1. The Labute approximate surface area is 121 Å². The minimum absolute atomic E-state index is 0.0241. The van der Waals surface area contributed by atoms with Crippen molar-refractivity contribution in [1.82, 2.24) is 5.32 Å². The van der Waals surface area contributed by atoms with Crippen molar-refractivity contribution < 1.29 is 4.79 Å². The smallest absolute Gasteiger partial charge is 0.251 e. The van der Waals surface area contributed by atoms with Gasteiger partial charge in [0.05, 0.1) is 5.02 Å². The van der Waals surface area contributed by atoms with Gasteiger partial charge in [0, 0.05) is 16.1 Å². The van der Waals surface area contributed by atoms with E-state index in [1.54, 1.807) is 18.2 Å². The molecule has 1 aliphatic rings. The summed E-state index contributed by atoms with van der Waals surface area (Å²) in [5.74, 6) is 0.768. The molecule has 0 heterocycles. The van der Waals surface area contributed by atoms with Crippen molar-refractivity contribution in [1.29, 1.82) is 0 Å². The number of amides is 1. The van der Waals surface area contributed by atoms with Crippen molar-refractivity contribution in [3.05, 3.63) is 33.3 Å². The minimum Gasteiger partial charge on any atom is -0.349 e. The van der Waals surface area contributed by atoms with Crippen molar-refractivity contribution in [2.75, 3.05) is 0 Å². The third-order valence-electron chi connectivity index (χ3n) is 3.53. The molecule has 4 heteroatoms. The van der Waals surface area contributed by atoms with E-state index in [4.69, 9.17) is 11.6 Å². The predicted octanol–water partition coefficient (Wildman–Crippen LogP) is 4.41. The molecule has 0 aliphatic heterocycles. The van der Waals surface area contributed by atoms with Crippen LogP contribution in [0.15, 0.2) is 22.7 Å². The monoisotopic (exact) mass is 329 g/mol. The number of hydrogen-bond donors (Lipinski definition) is 1. The number of hydrogen-bond acceptors (Lipinski definition) is 1. The summed E-state index contributed by atoms with van der Waals surface area (Å²) < 4.78 is 0.812. The first-order chi connectivity index (χ1) is 8.56. The molecular formula is C14H17BrClNO. The molecular weight excluding hydrogens is 314 g/mol. The van der Waals surface area contributed by atoms with Crippen molar-refractivity contribution in [3.8, 4) is 0 Å². The van der Waals surface area contributed by atoms with Gasteiger partial charge in [-0.15, -0.1) is 0 Å². The van der Waals surface area contributed by atoms with Gasteiger partial charge in [-0.25, -0.2) is 0 Å². The lowest BCUT2D eigenvalue weighted by Gasteiger charge is -2.26. The summed E-state index contributed by atoms with van der Waals surface area (Å²) in [4.78, 5) is 12.1. The SMILES string of the molecule is CC1CCC(NC(=O)c2ccc(Br)c(Cl)c2)CC1. The molecule has 0 saturated heterocycles. The molecule has 1 fully saturated rings. The predicted molar refractivity (Wildman–Crippen MR) is 78.0 cm³/mol. The number of carbonyl (C=O) groups is 1. The summed E-state index contributed by atoms with van der Waals surface area (Å²) in [6, 6.07) is 5.61. The van der Waals surface area contributed by atoms with E-state index in [2.05, 4.69) is 28.2 Å². The second-order valence-electron chi connectivity index (χ2n) is 5.06. The van der Waals surface area contributed by atoms with E-state index in [-0.39, 0.29) is 5.91 Å². The Bertz CT molecular complexity index is 441. The number of rotatable bonds is 2. The quantitative estimate of drug-likeness (QED) is 0.855. The topological polar surface area (TPSA) is 29.1 Å². The molecule has 0 bridgehead atoms. The van der Waals surface area contributed by atoms with E-state index >= 15 is 0 Å². The maximum atomic E-state index is 12.1. The Morgan fingerprint density at radius 2 is 2.00 bits per heavy atom. The van der Waals surface area contributed by atoms with Crippen LogP contribution in [0.2, 0.25) is 5.02 Å². The molecule has 2 nitrogen and oxygen atoms in total. The van der Waals surface area contributed by atoms with Gasteiger partial charge in [0.1, 0.15) is 0 Å². The van der Waals surface area contributed by atoms with E-state index in [0.717, 1.165) is 23.2 Å². The normalized spacial score (nSPS) is 23.7. The molecule has 1 amide bonds. The first kappa shape index (κ1) is 13.9. The maximum Gasteiger partial charge on any atom is 0.251 e. The van der Waals surface area contributed by atoms with Gasteiger partial charge >= 0.3 is 0 Å². The van der Waals surface area contributed by atoms with Crippen LogP contribution in [0.4, 0.5) is 0 Å². The molecule has 1 aromatic rings. The molecule has 0 unspecified atom stereocenters. The van der Waals surface area contributed by atoms with Crippen LogP contribution in [0.25, 0.3) is 0 Å². The van der Waals surface area contributed by atoms with Gasteiger partial charge in [-0.3, -0.25) is 4.79 Å². The van der Waals surface area contributed by atoms with Crippen LogP contribution in [0, 0.1) is 5.92 Å². The Balaban J connectivity index is 1.97. The fourth-order valence-electron chi connectivity index (χ4n) is 2.31. The molecule has 1 aromatic carbocycles. The zero-order valence-electron chi connectivity index (χ0n) is 10.4.